The molecule has 0 fully saturated rings. The van der Waals surface area contributed by atoms with Crippen LogP contribution in [0.5, 0.6) is 0 Å². The van der Waals surface area contributed by atoms with E-state index in [0.717, 1.165) is 30.8 Å². The fourth-order valence-corrected chi connectivity index (χ4v) is 2.52. The van der Waals surface area contributed by atoms with Gasteiger partial charge in [-0.05, 0) is 42.7 Å². The van der Waals surface area contributed by atoms with Gasteiger partial charge in [-0.2, -0.15) is 0 Å². The number of aromatic nitrogens is 1. The number of benzene rings is 2. The zero-order valence-corrected chi connectivity index (χ0v) is 14.0. The summed E-state index contributed by atoms with van der Waals surface area (Å²) < 4.78 is 0. The topological polar surface area (TPSA) is 54.0 Å². The summed E-state index contributed by atoms with van der Waals surface area (Å²) in [6.45, 7) is 0.867. The van der Waals surface area contributed by atoms with Crippen LogP contribution in [-0.2, 0) is 6.42 Å². The molecule has 0 aliphatic rings. The molecule has 1 heterocycles. The van der Waals surface area contributed by atoms with Crippen LogP contribution in [0.1, 0.15) is 22.5 Å². The van der Waals surface area contributed by atoms with Gasteiger partial charge in [-0.3, -0.25) is 4.79 Å². The van der Waals surface area contributed by atoms with Crippen LogP contribution in [-0.4, -0.2) is 17.4 Å². The Balaban J connectivity index is 1.46. The van der Waals surface area contributed by atoms with Crippen LogP contribution in [0.25, 0.3) is 0 Å². The van der Waals surface area contributed by atoms with Crippen LogP contribution in [0, 0.1) is 0 Å². The van der Waals surface area contributed by atoms with E-state index in [-0.39, 0.29) is 5.91 Å². The van der Waals surface area contributed by atoms with Gasteiger partial charge in [0.25, 0.3) is 5.91 Å². The van der Waals surface area contributed by atoms with Crippen molar-refractivity contribution in [1.82, 2.24) is 4.98 Å². The normalized spacial score (nSPS) is 10.2. The molecule has 0 aliphatic carbocycles. The summed E-state index contributed by atoms with van der Waals surface area (Å²) in [6.07, 6.45) is 3.78. The molecule has 2 aromatic carbocycles. The van der Waals surface area contributed by atoms with Crippen molar-refractivity contribution in [1.29, 1.82) is 0 Å². The number of nitrogens with zero attached hydrogens (tertiary/aromatic N) is 1. The lowest BCUT2D eigenvalue weighted by atomic mass is 10.1. The number of carbonyl (C=O) groups is 1. The molecular weight excluding hydrogens is 310 g/mol. The summed E-state index contributed by atoms with van der Waals surface area (Å²) in [7, 11) is 0. The number of hydrogen-bond acceptors (Lipinski definition) is 3. The molecule has 0 saturated carbocycles. The van der Waals surface area contributed by atoms with E-state index in [1.807, 2.05) is 42.5 Å². The summed E-state index contributed by atoms with van der Waals surface area (Å²) >= 11 is 0. The number of nitrogens with one attached hydrogen (secondary N) is 2. The molecular formula is C21H21N3O. The minimum absolute atomic E-state index is 0.207. The predicted octanol–water partition coefficient (Wildman–Crippen LogP) is 4.38. The SMILES string of the molecule is O=C(Nc1ccccc1)c1ccc(NCCCc2ccccc2)cn1. The lowest BCUT2D eigenvalue weighted by Gasteiger charge is -2.08. The van der Waals surface area contributed by atoms with Gasteiger partial charge in [0.15, 0.2) is 0 Å². The number of aryl methyl sites for hydroxylation is 1. The number of para-hydroxylation sites is 1. The quantitative estimate of drug-likeness (QED) is 0.632. The molecule has 0 spiro atoms. The molecule has 0 bridgehead atoms. The van der Waals surface area contributed by atoms with Crippen molar-refractivity contribution in [3.8, 4) is 0 Å². The highest BCUT2D eigenvalue weighted by molar-refractivity contribution is 6.02. The highest BCUT2D eigenvalue weighted by Gasteiger charge is 2.07. The largest absolute Gasteiger partial charge is 0.384 e. The van der Waals surface area contributed by atoms with E-state index in [9.17, 15) is 4.79 Å². The van der Waals surface area contributed by atoms with E-state index in [1.54, 1.807) is 12.3 Å². The summed E-state index contributed by atoms with van der Waals surface area (Å²) in [4.78, 5) is 16.4. The Bertz CT molecular complexity index is 786. The maximum absolute atomic E-state index is 12.1. The zero-order valence-electron chi connectivity index (χ0n) is 14.0. The van der Waals surface area contributed by atoms with Gasteiger partial charge in [-0.25, -0.2) is 4.98 Å². The summed E-state index contributed by atoms with van der Waals surface area (Å²) in [5.41, 5.74) is 3.43. The van der Waals surface area contributed by atoms with Crippen molar-refractivity contribution in [2.45, 2.75) is 12.8 Å². The van der Waals surface area contributed by atoms with Crippen molar-refractivity contribution in [2.75, 3.05) is 17.2 Å². The lowest BCUT2D eigenvalue weighted by molar-refractivity contribution is 0.102. The van der Waals surface area contributed by atoms with Crippen LogP contribution in [0.2, 0.25) is 0 Å². The van der Waals surface area contributed by atoms with Gasteiger partial charge in [0.2, 0.25) is 0 Å². The third kappa shape index (κ3) is 5.18. The number of rotatable bonds is 7. The first-order valence-corrected chi connectivity index (χ1v) is 8.41. The Hall–Kier alpha value is -3.14. The van der Waals surface area contributed by atoms with Crippen LogP contribution < -0.4 is 10.6 Å². The average Bonchev–Trinajstić information content (AvgIpc) is 2.67. The molecule has 4 heteroatoms. The van der Waals surface area contributed by atoms with Gasteiger partial charge in [-0.15, -0.1) is 0 Å². The zero-order chi connectivity index (χ0) is 17.3. The van der Waals surface area contributed by atoms with E-state index < -0.39 is 0 Å². The van der Waals surface area contributed by atoms with E-state index in [4.69, 9.17) is 0 Å². The Morgan fingerprint density at radius 1 is 0.840 bits per heavy atom. The van der Waals surface area contributed by atoms with E-state index in [2.05, 4.69) is 39.9 Å². The molecule has 4 nitrogen and oxygen atoms in total. The number of carbonyl (C=O) groups excluding carboxylic acids is 1. The first-order valence-electron chi connectivity index (χ1n) is 8.41. The van der Waals surface area contributed by atoms with Gasteiger partial charge in [0, 0.05) is 12.2 Å². The lowest BCUT2D eigenvalue weighted by Crippen LogP contribution is -2.13. The first kappa shape index (κ1) is 16.7. The maximum atomic E-state index is 12.1. The van der Waals surface area contributed by atoms with Crippen molar-refractivity contribution >= 4 is 17.3 Å². The Morgan fingerprint density at radius 2 is 1.56 bits per heavy atom. The molecule has 3 aromatic rings. The third-order valence-corrected chi connectivity index (χ3v) is 3.84. The number of hydrogen-bond donors (Lipinski definition) is 2. The maximum Gasteiger partial charge on any atom is 0.274 e. The molecule has 2 N–H and O–H groups in total. The molecule has 0 atom stereocenters. The standard InChI is InChI=1S/C21H21N3O/c25-21(24-18-11-5-2-6-12-18)20-14-13-19(16-23-20)22-15-7-10-17-8-3-1-4-9-17/h1-6,8-9,11-14,16,22H,7,10,15H2,(H,24,25). The molecule has 0 unspecified atom stereocenters. The Morgan fingerprint density at radius 3 is 2.24 bits per heavy atom. The van der Waals surface area contributed by atoms with Crippen LogP contribution in [0.3, 0.4) is 0 Å². The van der Waals surface area contributed by atoms with Gasteiger partial charge >= 0.3 is 0 Å². The fourth-order valence-electron chi connectivity index (χ4n) is 2.52. The monoisotopic (exact) mass is 331 g/mol. The molecule has 1 aromatic heterocycles. The van der Waals surface area contributed by atoms with Gasteiger partial charge < -0.3 is 10.6 Å². The predicted molar refractivity (Wildman–Crippen MR) is 102 cm³/mol. The Kier molecular flexibility index (Phi) is 5.77. The second-order valence-corrected chi connectivity index (χ2v) is 5.77. The van der Waals surface area contributed by atoms with Crippen molar-refractivity contribution in [3.05, 3.63) is 90.3 Å². The van der Waals surface area contributed by atoms with Gasteiger partial charge in [-0.1, -0.05) is 48.5 Å². The van der Waals surface area contributed by atoms with Gasteiger partial charge in [0.1, 0.15) is 5.69 Å². The Labute approximate surface area is 147 Å². The van der Waals surface area contributed by atoms with Crippen LogP contribution in [0.4, 0.5) is 11.4 Å². The summed E-state index contributed by atoms with van der Waals surface area (Å²) in [5, 5.41) is 6.16. The van der Waals surface area contributed by atoms with Gasteiger partial charge in [0.05, 0.1) is 11.9 Å². The second-order valence-electron chi connectivity index (χ2n) is 5.77. The highest BCUT2D eigenvalue weighted by atomic mass is 16.1. The average molecular weight is 331 g/mol. The third-order valence-electron chi connectivity index (χ3n) is 3.84. The molecule has 1 amide bonds. The van der Waals surface area contributed by atoms with E-state index >= 15 is 0 Å². The molecule has 25 heavy (non-hydrogen) atoms. The highest BCUT2D eigenvalue weighted by Crippen LogP contribution is 2.10. The van der Waals surface area contributed by atoms with Crippen molar-refractivity contribution in [3.63, 3.8) is 0 Å². The number of pyridine rings is 1. The fraction of sp³-hybridized carbons (Fsp3) is 0.143. The minimum atomic E-state index is -0.207. The van der Waals surface area contributed by atoms with E-state index in [0.29, 0.717) is 5.69 Å². The smallest absolute Gasteiger partial charge is 0.274 e. The molecule has 0 aliphatic heterocycles. The van der Waals surface area contributed by atoms with Crippen LogP contribution >= 0.6 is 0 Å². The molecule has 3 rings (SSSR count). The first-order chi connectivity index (χ1) is 12.3. The minimum Gasteiger partial charge on any atom is -0.384 e. The van der Waals surface area contributed by atoms with Crippen LogP contribution in [0.15, 0.2) is 79.0 Å². The summed E-state index contributed by atoms with van der Waals surface area (Å²) in [5.74, 6) is -0.207. The number of amides is 1. The molecule has 0 saturated heterocycles. The summed E-state index contributed by atoms with van der Waals surface area (Å²) in [6, 6.07) is 23.4. The van der Waals surface area contributed by atoms with Crippen molar-refractivity contribution < 1.29 is 4.79 Å². The van der Waals surface area contributed by atoms with Crippen molar-refractivity contribution in [2.24, 2.45) is 0 Å². The van der Waals surface area contributed by atoms with E-state index in [1.165, 1.54) is 5.56 Å². The number of anilines is 2. The molecule has 126 valence electrons. The second kappa shape index (κ2) is 8.64. The molecule has 0 radical (unpaired) electrons.